The highest BCUT2D eigenvalue weighted by molar-refractivity contribution is 7.92. The summed E-state index contributed by atoms with van der Waals surface area (Å²) in [5.41, 5.74) is 0. The molecule has 0 radical (unpaired) electrons. The normalized spacial score (nSPS) is 21.7. The van der Waals surface area contributed by atoms with Crippen molar-refractivity contribution < 1.29 is 16.8 Å². The van der Waals surface area contributed by atoms with Gasteiger partial charge in [-0.3, -0.25) is 0 Å². The van der Waals surface area contributed by atoms with Crippen LogP contribution in [0.25, 0.3) is 0 Å². The summed E-state index contributed by atoms with van der Waals surface area (Å²) in [5.74, 6) is 0.713. The van der Waals surface area contributed by atoms with Gasteiger partial charge in [-0.15, -0.1) is 11.6 Å². The monoisotopic (exact) mass is 345 g/mol. The summed E-state index contributed by atoms with van der Waals surface area (Å²) in [5, 5.41) is -0.579. The SMILES string of the molecule is CCCC(CCCl)CNS(=O)(=O)C1CCS(=O)(=O)CC1. The number of halogens is 1. The first-order chi connectivity index (χ1) is 9.30. The fourth-order valence-electron chi connectivity index (χ4n) is 2.44. The van der Waals surface area contributed by atoms with Crippen molar-refractivity contribution in [3.63, 3.8) is 0 Å². The molecule has 120 valence electrons. The molecule has 0 aromatic carbocycles. The lowest BCUT2D eigenvalue weighted by molar-refractivity contribution is 0.453. The third-order valence-corrected chi connectivity index (χ3v) is 7.58. The van der Waals surface area contributed by atoms with Gasteiger partial charge in [-0.25, -0.2) is 21.6 Å². The molecule has 20 heavy (non-hydrogen) atoms. The van der Waals surface area contributed by atoms with Crippen LogP contribution in [0.2, 0.25) is 0 Å². The van der Waals surface area contributed by atoms with Crippen LogP contribution in [0.1, 0.15) is 39.0 Å². The van der Waals surface area contributed by atoms with Gasteiger partial charge in [-0.2, -0.15) is 0 Å². The molecule has 0 amide bonds. The van der Waals surface area contributed by atoms with Crippen LogP contribution in [0.15, 0.2) is 0 Å². The van der Waals surface area contributed by atoms with Gasteiger partial charge in [-0.05, 0) is 31.6 Å². The lowest BCUT2D eigenvalue weighted by Crippen LogP contribution is -2.41. The molecule has 0 saturated carbocycles. The quantitative estimate of drug-likeness (QED) is 0.676. The van der Waals surface area contributed by atoms with Gasteiger partial charge in [0.1, 0.15) is 9.84 Å². The summed E-state index contributed by atoms with van der Waals surface area (Å²) < 4.78 is 49.6. The maximum atomic E-state index is 12.2. The molecule has 8 heteroatoms. The Bertz CT molecular complexity index is 470. The van der Waals surface area contributed by atoms with Crippen molar-refractivity contribution in [3.05, 3.63) is 0 Å². The molecule has 1 heterocycles. The van der Waals surface area contributed by atoms with Gasteiger partial charge in [0, 0.05) is 12.4 Å². The summed E-state index contributed by atoms with van der Waals surface area (Å²) in [6.45, 7) is 2.45. The minimum Gasteiger partial charge on any atom is -0.229 e. The number of rotatable bonds is 8. The molecule has 0 spiro atoms. The second kappa shape index (κ2) is 7.96. The van der Waals surface area contributed by atoms with Crippen LogP contribution in [-0.4, -0.2) is 46.0 Å². The molecule has 1 unspecified atom stereocenters. The molecule has 1 N–H and O–H groups in total. The molecule has 0 aromatic heterocycles. The van der Waals surface area contributed by atoms with Gasteiger partial charge in [0.25, 0.3) is 0 Å². The predicted octanol–water partition coefficient (Wildman–Crippen LogP) is 1.53. The van der Waals surface area contributed by atoms with Crippen molar-refractivity contribution in [2.24, 2.45) is 5.92 Å². The zero-order chi connectivity index (χ0) is 15.2. The minimum absolute atomic E-state index is 0.0291. The number of sulfonamides is 1. The van der Waals surface area contributed by atoms with E-state index in [9.17, 15) is 16.8 Å². The molecule has 1 rings (SSSR count). The summed E-state index contributed by atoms with van der Waals surface area (Å²) in [6.07, 6.45) is 3.12. The standard InChI is InChI=1S/C12H24ClNO4S2/c1-2-3-11(4-7-13)10-14-20(17,18)12-5-8-19(15,16)9-6-12/h11-12,14H,2-10H2,1H3. The lowest BCUT2D eigenvalue weighted by atomic mass is 10.0. The number of sulfone groups is 1. The van der Waals surface area contributed by atoms with Gasteiger partial charge in [0.15, 0.2) is 0 Å². The predicted molar refractivity (Wildman–Crippen MR) is 82.3 cm³/mol. The van der Waals surface area contributed by atoms with E-state index in [-0.39, 0.29) is 30.3 Å². The fraction of sp³-hybridized carbons (Fsp3) is 1.00. The number of nitrogens with one attached hydrogen (secondary N) is 1. The van der Waals surface area contributed by atoms with Gasteiger partial charge in [0.05, 0.1) is 16.8 Å². The van der Waals surface area contributed by atoms with Crippen molar-refractivity contribution in [2.45, 2.75) is 44.3 Å². The Balaban J connectivity index is 2.53. The minimum atomic E-state index is -3.42. The second-order valence-corrected chi connectivity index (χ2v) is 10.1. The van der Waals surface area contributed by atoms with Crippen LogP contribution in [0.3, 0.4) is 0 Å². The first-order valence-corrected chi connectivity index (χ1v) is 11.0. The van der Waals surface area contributed by atoms with Crippen molar-refractivity contribution in [2.75, 3.05) is 23.9 Å². The Morgan fingerprint density at radius 3 is 2.35 bits per heavy atom. The summed E-state index contributed by atoms with van der Waals surface area (Å²) >= 11 is 5.72. The molecule has 1 atom stereocenters. The van der Waals surface area contributed by atoms with E-state index in [2.05, 4.69) is 11.6 Å². The lowest BCUT2D eigenvalue weighted by Gasteiger charge is -2.24. The van der Waals surface area contributed by atoms with Crippen molar-refractivity contribution >= 4 is 31.5 Å². The van der Waals surface area contributed by atoms with E-state index < -0.39 is 25.1 Å². The van der Waals surface area contributed by atoms with E-state index in [1.165, 1.54) is 0 Å². The van der Waals surface area contributed by atoms with E-state index >= 15 is 0 Å². The molecule has 1 saturated heterocycles. The average Bonchev–Trinajstić information content (AvgIpc) is 2.36. The van der Waals surface area contributed by atoms with Gasteiger partial charge < -0.3 is 0 Å². The van der Waals surface area contributed by atoms with Crippen LogP contribution < -0.4 is 4.72 Å². The summed E-state index contributed by atoms with van der Waals surface area (Å²) in [4.78, 5) is 0. The third kappa shape index (κ3) is 5.87. The van der Waals surface area contributed by atoms with Crippen molar-refractivity contribution in [3.8, 4) is 0 Å². The van der Waals surface area contributed by atoms with E-state index in [0.717, 1.165) is 19.3 Å². The smallest absolute Gasteiger partial charge is 0.214 e. The van der Waals surface area contributed by atoms with Crippen LogP contribution in [0, 0.1) is 5.92 Å². The number of hydrogen-bond donors (Lipinski definition) is 1. The molecule has 1 fully saturated rings. The van der Waals surface area contributed by atoms with Gasteiger partial charge >= 0.3 is 0 Å². The second-order valence-electron chi connectivity index (χ2n) is 5.38. The highest BCUT2D eigenvalue weighted by Crippen LogP contribution is 2.19. The summed E-state index contributed by atoms with van der Waals surface area (Å²) in [7, 11) is -6.46. The van der Waals surface area contributed by atoms with Gasteiger partial charge in [0.2, 0.25) is 10.0 Å². The van der Waals surface area contributed by atoms with Crippen LogP contribution in [0.5, 0.6) is 0 Å². The molecule has 0 aliphatic carbocycles. The van der Waals surface area contributed by atoms with E-state index in [0.29, 0.717) is 12.4 Å². The van der Waals surface area contributed by atoms with Crippen molar-refractivity contribution in [1.82, 2.24) is 4.72 Å². The number of alkyl halides is 1. The molecule has 5 nitrogen and oxygen atoms in total. The zero-order valence-corrected chi connectivity index (χ0v) is 14.2. The Labute approximate surface area is 127 Å². The molecular formula is C12H24ClNO4S2. The Morgan fingerprint density at radius 2 is 1.85 bits per heavy atom. The molecule has 1 aliphatic heterocycles. The van der Waals surface area contributed by atoms with Crippen molar-refractivity contribution in [1.29, 1.82) is 0 Å². The van der Waals surface area contributed by atoms with E-state index in [1.54, 1.807) is 0 Å². The molecule has 0 aromatic rings. The highest BCUT2D eigenvalue weighted by atomic mass is 35.5. The Hall–Kier alpha value is 0.150. The first kappa shape index (κ1) is 18.2. The average molecular weight is 346 g/mol. The first-order valence-electron chi connectivity index (χ1n) is 7.05. The topological polar surface area (TPSA) is 80.3 Å². The maximum absolute atomic E-state index is 12.2. The van der Waals surface area contributed by atoms with E-state index in [1.807, 2.05) is 0 Å². The Kier molecular flexibility index (Phi) is 7.24. The molecule has 1 aliphatic rings. The van der Waals surface area contributed by atoms with Gasteiger partial charge in [-0.1, -0.05) is 13.3 Å². The van der Waals surface area contributed by atoms with Crippen LogP contribution in [0.4, 0.5) is 0 Å². The largest absolute Gasteiger partial charge is 0.229 e. The highest BCUT2D eigenvalue weighted by Gasteiger charge is 2.32. The third-order valence-electron chi connectivity index (χ3n) is 3.73. The van der Waals surface area contributed by atoms with Crippen LogP contribution in [-0.2, 0) is 19.9 Å². The molecular weight excluding hydrogens is 322 g/mol. The number of hydrogen-bond acceptors (Lipinski definition) is 4. The fourth-order valence-corrected chi connectivity index (χ4v) is 6.10. The molecule has 0 bridgehead atoms. The van der Waals surface area contributed by atoms with Crippen LogP contribution >= 0.6 is 11.6 Å². The zero-order valence-electron chi connectivity index (χ0n) is 11.8. The maximum Gasteiger partial charge on any atom is 0.214 e. The van der Waals surface area contributed by atoms with E-state index in [4.69, 9.17) is 11.6 Å². The summed E-state index contributed by atoms with van der Waals surface area (Å²) in [6, 6.07) is 0. The Morgan fingerprint density at radius 1 is 1.25 bits per heavy atom.